The monoisotopic (exact) mass is 193 g/mol. The summed E-state index contributed by atoms with van der Waals surface area (Å²) in [5.41, 5.74) is 1.31. The number of hydrogen-bond acceptors (Lipinski definition) is 0. The summed E-state index contributed by atoms with van der Waals surface area (Å²) in [7, 11) is 0. The van der Waals surface area contributed by atoms with Gasteiger partial charge in [0.1, 0.15) is 6.54 Å². The summed E-state index contributed by atoms with van der Waals surface area (Å²) in [6.07, 6.45) is 2.11. The number of pyridine rings is 1. The molecule has 1 heterocycles. The Hall–Kier alpha value is -1.08. The van der Waals surface area contributed by atoms with Gasteiger partial charge in [-0.05, 0) is 19.1 Å². The van der Waals surface area contributed by atoms with Gasteiger partial charge in [-0.1, -0.05) is 12.1 Å². The summed E-state index contributed by atoms with van der Waals surface area (Å²) < 4.78 is 2.25. The van der Waals surface area contributed by atoms with Crippen LogP contribution >= 0.6 is 0 Å². The van der Waals surface area contributed by atoms with Crippen LogP contribution in [0.3, 0.4) is 0 Å². The van der Waals surface area contributed by atoms with Gasteiger partial charge < -0.3 is 12.4 Å². The first kappa shape index (κ1) is 10.0. The van der Waals surface area contributed by atoms with E-state index in [0.717, 1.165) is 6.54 Å². The summed E-state index contributed by atoms with van der Waals surface area (Å²) >= 11 is 0. The first-order chi connectivity index (χ1) is 5.92. The average molecular weight is 194 g/mol. The number of nitrogens with zero attached hydrogens (tertiary/aromatic N) is 1. The van der Waals surface area contributed by atoms with Crippen LogP contribution in [0.25, 0.3) is 10.9 Å². The van der Waals surface area contributed by atoms with Gasteiger partial charge in [-0.15, -0.1) is 0 Å². The second-order valence-corrected chi connectivity index (χ2v) is 2.85. The van der Waals surface area contributed by atoms with Gasteiger partial charge in [-0.3, -0.25) is 0 Å². The number of para-hydroxylation sites is 1. The molecule has 0 saturated carbocycles. The van der Waals surface area contributed by atoms with E-state index in [1.165, 1.54) is 10.9 Å². The van der Waals surface area contributed by atoms with E-state index in [-0.39, 0.29) is 12.4 Å². The molecule has 13 heavy (non-hydrogen) atoms. The predicted molar refractivity (Wildman–Crippen MR) is 49.8 cm³/mol. The van der Waals surface area contributed by atoms with Crippen LogP contribution in [-0.2, 0) is 6.54 Å². The lowest BCUT2D eigenvalue weighted by Crippen LogP contribution is -3.00. The van der Waals surface area contributed by atoms with Crippen molar-refractivity contribution in [3.05, 3.63) is 42.6 Å². The maximum atomic E-state index is 2.25. The van der Waals surface area contributed by atoms with E-state index in [9.17, 15) is 0 Å². The Labute approximate surface area is 84.4 Å². The minimum absolute atomic E-state index is 0. The minimum Gasteiger partial charge on any atom is -1.00 e. The van der Waals surface area contributed by atoms with Crippen molar-refractivity contribution in [2.75, 3.05) is 0 Å². The first-order valence-electron chi connectivity index (χ1n) is 4.29. The SMILES string of the molecule is CC[n+]1cccc2ccccc21.[Cl-]. The number of fused-ring (bicyclic) bond motifs is 1. The Balaban J connectivity index is 0.000000845. The Morgan fingerprint density at radius 3 is 2.54 bits per heavy atom. The highest BCUT2D eigenvalue weighted by molar-refractivity contribution is 5.74. The van der Waals surface area contributed by atoms with Gasteiger partial charge in [-0.25, -0.2) is 0 Å². The number of benzene rings is 1. The number of rotatable bonds is 1. The zero-order valence-electron chi connectivity index (χ0n) is 7.57. The topological polar surface area (TPSA) is 3.88 Å². The van der Waals surface area contributed by atoms with Crippen molar-refractivity contribution in [2.24, 2.45) is 0 Å². The molecule has 2 aromatic rings. The molecule has 0 atom stereocenters. The van der Waals surface area contributed by atoms with Gasteiger partial charge in [0.15, 0.2) is 6.20 Å². The highest BCUT2D eigenvalue weighted by atomic mass is 35.5. The van der Waals surface area contributed by atoms with E-state index < -0.39 is 0 Å². The second kappa shape index (κ2) is 4.24. The minimum atomic E-state index is 0. The molecule has 68 valence electrons. The summed E-state index contributed by atoms with van der Waals surface area (Å²) in [5.74, 6) is 0. The van der Waals surface area contributed by atoms with E-state index in [4.69, 9.17) is 0 Å². The van der Waals surface area contributed by atoms with Gasteiger partial charge in [-0.2, -0.15) is 4.57 Å². The highest BCUT2D eigenvalue weighted by Crippen LogP contribution is 2.07. The quantitative estimate of drug-likeness (QED) is 0.520. The predicted octanol–water partition coefficient (Wildman–Crippen LogP) is -0.849. The molecule has 1 nitrogen and oxygen atoms in total. The molecule has 1 aromatic heterocycles. The molecule has 0 spiro atoms. The fourth-order valence-electron chi connectivity index (χ4n) is 1.50. The molecule has 0 aliphatic carbocycles. The normalized spacial score (nSPS) is 9.62. The van der Waals surface area contributed by atoms with E-state index in [1.807, 2.05) is 0 Å². The van der Waals surface area contributed by atoms with Crippen molar-refractivity contribution in [1.82, 2.24) is 0 Å². The molecule has 2 heteroatoms. The number of halogens is 1. The Morgan fingerprint density at radius 1 is 1.08 bits per heavy atom. The second-order valence-electron chi connectivity index (χ2n) is 2.85. The molecule has 0 saturated heterocycles. The Bertz CT molecular complexity index is 393. The van der Waals surface area contributed by atoms with E-state index in [1.54, 1.807) is 0 Å². The Morgan fingerprint density at radius 2 is 1.77 bits per heavy atom. The smallest absolute Gasteiger partial charge is 0.212 e. The van der Waals surface area contributed by atoms with Crippen LogP contribution in [-0.4, -0.2) is 0 Å². The molecule has 0 aliphatic heterocycles. The van der Waals surface area contributed by atoms with Gasteiger partial charge in [0.05, 0.1) is 0 Å². The first-order valence-corrected chi connectivity index (χ1v) is 4.29. The van der Waals surface area contributed by atoms with Gasteiger partial charge in [0.25, 0.3) is 0 Å². The van der Waals surface area contributed by atoms with Crippen LogP contribution in [0.15, 0.2) is 42.6 Å². The van der Waals surface area contributed by atoms with Crippen molar-refractivity contribution in [1.29, 1.82) is 0 Å². The van der Waals surface area contributed by atoms with E-state index in [0.29, 0.717) is 0 Å². The van der Waals surface area contributed by atoms with Gasteiger partial charge in [0.2, 0.25) is 5.52 Å². The van der Waals surface area contributed by atoms with E-state index >= 15 is 0 Å². The summed E-state index contributed by atoms with van der Waals surface area (Å²) in [6, 6.07) is 12.7. The molecule has 0 unspecified atom stereocenters. The maximum absolute atomic E-state index is 2.25. The summed E-state index contributed by atoms with van der Waals surface area (Å²) in [5, 5.41) is 1.31. The third-order valence-electron chi connectivity index (χ3n) is 2.13. The molecule has 0 aliphatic rings. The summed E-state index contributed by atoms with van der Waals surface area (Å²) in [6.45, 7) is 3.19. The molecule has 0 bridgehead atoms. The van der Waals surface area contributed by atoms with Crippen LogP contribution in [0.1, 0.15) is 6.92 Å². The third kappa shape index (κ3) is 1.81. The summed E-state index contributed by atoms with van der Waals surface area (Å²) in [4.78, 5) is 0. The van der Waals surface area contributed by atoms with Crippen molar-refractivity contribution < 1.29 is 17.0 Å². The molecular formula is C11H12ClN. The third-order valence-corrected chi connectivity index (χ3v) is 2.13. The highest BCUT2D eigenvalue weighted by Gasteiger charge is 2.02. The average Bonchev–Trinajstić information content (AvgIpc) is 2.17. The lowest BCUT2D eigenvalue weighted by Gasteiger charge is -1.96. The van der Waals surface area contributed by atoms with Crippen molar-refractivity contribution in [3.63, 3.8) is 0 Å². The van der Waals surface area contributed by atoms with Crippen LogP contribution in [0.2, 0.25) is 0 Å². The number of aromatic nitrogens is 1. The number of aryl methyl sites for hydroxylation is 1. The molecular weight excluding hydrogens is 182 g/mol. The van der Waals surface area contributed by atoms with E-state index in [2.05, 4.69) is 54.1 Å². The lowest BCUT2D eigenvalue weighted by atomic mass is 10.2. The molecule has 1 aromatic carbocycles. The van der Waals surface area contributed by atoms with Gasteiger partial charge >= 0.3 is 0 Å². The fourth-order valence-corrected chi connectivity index (χ4v) is 1.50. The fraction of sp³-hybridized carbons (Fsp3) is 0.182. The van der Waals surface area contributed by atoms with Crippen LogP contribution < -0.4 is 17.0 Å². The van der Waals surface area contributed by atoms with Crippen LogP contribution in [0.5, 0.6) is 0 Å². The Kier molecular flexibility index (Phi) is 3.26. The zero-order valence-corrected chi connectivity index (χ0v) is 8.33. The zero-order chi connectivity index (χ0) is 8.39. The number of hydrogen-bond donors (Lipinski definition) is 0. The van der Waals surface area contributed by atoms with Crippen LogP contribution in [0, 0.1) is 0 Å². The van der Waals surface area contributed by atoms with Crippen LogP contribution in [0.4, 0.5) is 0 Å². The molecule has 0 N–H and O–H groups in total. The van der Waals surface area contributed by atoms with Gasteiger partial charge in [0, 0.05) is 17.5 Å². The largest absolute Gasteiger partial charge is 1.00 e. The molecule has 0 radical (unpaired) electrons. The van der Waals surface area contributed by atoms with Crippen molar-refractivity contribution >= 4 is 10.9 Å². The lowest BCUT2D eigenvalue weighted by molar-refractivity contribution is -0.667. The molecule has 0 fully saturated rings. The molecule has 2 rings (SSSR count). The maximum Gasteiger partial charge on any atom is 0.212 e. The standard InChI is InChI=1S/C11H12N.ClH/c1-2-12-9-5-7-10-6-3-4-8-11(10)12;/h3-9H,2H2,1H3;1H/q+1;/p-1. The van der Waals surface area contributed by atoms with Crippen molar-refractivity contribution in [3.8, 4) is 0 Å². The van der Waals surface area contributed by atoms with Crippen molar-refractivity contribution in [2.45, 2.75) is 13.5 Å². The molecule has 0 amide bonds.